The largest absolute Gasteiger partial charge is 0.350 e. The van der Waals surface area contributed by atoms with Gasteiger partial charge in [-0.1, -0.05) is 25.5 Å². The number of hydrogen-bond donors (Lipinski definition) is 1. The normalized spacial score (nSPS) is 24.5. The average Bonchev–Trinajstić information content (AvgIpc) is 1.88. The molecule has 1 aliphatic heterocycles. The van der Waals surface area contributed by atoms with Crippen LogP contribution in [0.4, 0.5) is 0 Å². The van der Waals surface area contributed by atoms with Crippen molar-refractivity contribution in [2.24, 2.45) is 0 Å². The molecule has 0 aliphatic carbocycles. The van der Waals surface area contributed by atoms with E-state index in [9.17, 15) is 4.79 Å². The predicted molar refractivity (Wildman–Crippen MR) is 40.6 cm³/mol. The highest BCUT2D eigenvalue weighted by molar-refractivity contribution is 5.79. The van der Waals surface area contributed by atoms with E-state index in [0.29, 0.717) is 12.5 Å². The van der Waals surface area contributed by atoms with Crippen LogP contribution in [0.15, 0.2) is 12.2 Å². The molecule has 1 N–H and O–H groups in total. The Labute approximate surface area is 61.3 Å². The minimum Gasteiger partial charge on any atom is -0.350 e. The molecule has 0 fully saturated rings. The van der Waals surface area contributed by atoms with E-state index < -0.39 is 0 Å². The standard InChI is InChI=1S/C8H13NO/c1-2-4-7-5-3-6-8(10)9-7/h3,5,7H,2,4,6H2,1H3,(H,9,10)/t7-/m0/s1. The van der Waals surface area contributed by atoms with Gasteiger partial charge in [0.2, 0.25) is 5.91 Å². The summed E-state index contributed by atoms with van der Waals surface area (Å²) >= 11 is 0. The first kappa shape index (κ1) is 7.32. The van der Waals surface area contributed by atoms with Crippen LogP contribution in [0.25, 0.3) is 0 Å². The maximum absolute atomic E-state index is 10.8. The van der Waals surface area contributed by atoms with E-state index in [1.165, 1.54) is 0 Å². The number of amides is 1. The van der Waals surface area contributed by atoms with Crippen molar-refractivity contribution in [3.8, 4) is 0 Å². The Kier molecular flexibility index (Phi) is 2.49. The fraction of sp³-hybridized carbons (Fsp3) is 0.625. The zero-order valence-electron chi connectivity index (χ0n) is 6.26. The van der Waals surface area contributed by atoms with Crippen molar-refractivity contribution in [2.75, 3.05) is 0 Å². The molecule has 1 aliphatic rings. The van der Waals surface area contributed by atoms with E-state index in [0.717, 1.165) is 12.8 Å². The average molecular weight is 139 g/mol. The first-order valence-corrected chi connectivity index (χ1v) is 3.79. The van der Waals surface area contributed by atoms with Gasteiger partial charge in [0.05, 0.1) is 0 Å². The number of carbonyl (C=O) groups is 1. The monoisotopic (exact) mass is 139 g/mol. The quantitative estimate of drug-likeness (QED) is 0.573. The van der Waals surface area contributed by atoms with Gasteiger partial charge >= 0.3 is 0 Å². The van der Waals surface area contributed by atoms with Crippen LogP contribution in [-0.2, 0) is 4.79 Å². The smallest absolute Gasteiger partial charge is 0.224 e. The maximum Gasteiger partial charge on any atom is 0.224 e. The molecule has 2 heteroatoms. The zero-order chi connectivity index (χ0) is 7.40. The first-order valence-electron chi connectivity index (χ1n) is 3.79. The van der Waals surface area contributed by atoms with Gasteiger partial charge in [0, 0.05) is 12.5 Å². The molecule has 0 saturated carbocycles. The van der Waals surface area contributed by atoms with Crippen LogP contribution in [-0.4, -0.2) is 11.9 Å². The molecular formula is C8H13NO. The van der Waals surface area contributed by atoms with Crippen molar-refractivity contribution in [3.63, 3.8) is 0 Å². The van der Waals surface area contributed by atoms with E-state index in [4.69, 9.17) is 0 Å². The second-order valence-corrected chi connectivity index (χ2v) is 2.59. The van der Waals surface area contributed by atoms with Crippen LogP contribution in [0.1, 0.15) is 26.2 Å². The van der Waals surface area contributed by atoms with Gasteiger partial charge in [-0.05, 0) is 6.42 Å². The van der Waals surface area contributed by atoms with E-state index in [2.05, 4.69) is 18.3 Å². The first-order chi connectivity index (χ1) is 4.83. The second kappa shape index (κ2) is 3.40. The molecule has 10 heavy (non-hydrogen) atoms. The minimum atomic E-state index is 0.154. The third-order valence-electron chi connectivity index (χ3n) is 1.62. The van der Waals surface area contributed by atoms with Gasteiger partial charge in [-0.25, -0.2) is 0 Å². The highest BCUT2D eigenvalue weighted by atomic mass is 16.1. The molecule has 1 atom stereocenters. The lowest BCUT2D eigenvalue weighted by Gasteiger charge is -2.16. The third kappa shape index (κ3) is 1.87. The van der Waals surface area contributed by atoms with E-state index in [1.807, 2.05) is 6.08 Å². The molecule has 0 radical (unpaired) electrons. The molecule has 0 saturated heterocycles. The predicted octanol–water partition coefficient (Wildman–Crippen LogP) is 1.23. The number of nitrogens with one attached hydrogen (secondary N) is 1. The van der Waals surface area contributed by atoms with Crippen molar-refractivity contribution < 1.29 is 4.79 Å². The summed E-state index contributed by atoms with van der Waals surface area (Å²) in [5.41, 5.74) is 0. The van der Waals surface area contributed by atoms with Gasteiger partial charge in [-0.15, -0.1) is 0 Å². The molecule has 56 valence electrons. The lowest BCUT2D eigenvalue weighted by Crippen LogP contribution is -2.35. The molecule has 1 amide bonds. The Hall–Kier alpha value is -0.790. The number of rotatable bonds is 2. The van der Waals surface area contributed by atoms with Crippen LogP contribution in [0, 0.1) is 0 Å². The van der Waals surface area contributed by atoms with Gasteiger partial charge in [0.25, 0.3) is 0 Å². The summed E-state index contributed by atoms with van der Waals surface area (Å²) in [5.74, 6) is 0.154. The molecular weight excluding hydrogens is 126 g/mol. The summed E-state index contributed by atoms with van der Waals surface area (Å²) in [7, 11) is 0. The molecule has 0 aromatic rings. The lowest BCUT2D eigenvalue weighted by atomic mass is 10.1. The lowest BCUT2D eigenvalue weighted by molar-refractivity contribution is -0.121. The van der Waals surface area contributed by atoms with Crippen LogP contribution in [0.2, 0.25) is 0 Å². The van der Waals surface area contributed by atoms with Crippen molar-refractivity contribution in [1.82, 2.24) is 5.32 Å². The summed E-state index contributed by atoms with van der Waals surface area (Å²) in [4.78, 5) is 10.8. The van der Waals surface area contributed by atoms with E-state index >= 15 is 0 Å². The Bertz CT molecular complexity index is 151. The Morgan fingerprint density at radius 2 is 2.60 bits per heavy atom. The highest BCUT2D eigenvalue weighted by Crippen LogP contribution is 2.03. The minimum absolute atomic E-state index is 0.154. The highest BCUT2D eigenvalue weighted by Gasteiger charge is 2.10. The second-order valence-electron chi connectivity index (χ2n) is 2.59. The molecule has 0 bridgehead atoms. The molecule has 1 rings (SSSR count). The summed E-state index contributed by atoms with van der Waals surface area (Å²) in [6, 6.07) is 0.297. The fourth-order valence-electron chi connectivity index (χ4n) is 1.13. The zero-order valence-corrected chi connectivity index (χ0v) is 6.26. The molecule has 0 aromatic heterocycles. The molecule has 1 heterocycles. The maximum atomic E-state index is 10.8. The summed E-state index contributed by atoms with van der Waals surface area (Å²) in [6.07, 6.45) is 6.75. The Morgan fingerprint density at radius 1 is 1.80 bits per heavy atom. The molecule has 0 spiro atoms. The molecule has 2 nitrogen and oxygen atoms in total. The van der Waals surface area contributed by atoms with E-state index in [1.54, 1.807) is 0 Å². The van der Waals surface area contributed by atoms with Gasteiger partial charge in [-0.2, -0.15) is 0 Å². The number of hydrogen-bond acceptors (Lipinski definition) is 1. The van der Waals surface area contributed by atoms with Crippen LogP contribution >= 0.6 is 0 Å². The Balaban J connectivity index is 2.39. The molecule has 0 aromatic carbocycles. The van der Waals surface area contributed by atoms with Gasteiger partial charge < -0.3 is 5.32 Å². The molecule has 0 unspecified atom stereocenters. The van der Waals surface area contributed by atoms with Crippen LogP contribution in [0.5, 0.6) is 0 Å². The Morgan fingerprint density at radius 3 is 3.20 bits per heavy atom. The summed E-state index contributed by atoms with van der Waals surface area (Å²) in [5, 5.41) is 2.89. The van der Waals surface area contributed by atoms with Crippen molar-refractivity contribution >= 4 is 5.91 Å². The van der Waals surface area contributed by atoms with Crippen LogP contribution < -0.4 is 5.32 Å². The number of carbonyl (C=O) groups excluding carboxylic acids is 1. The van der Waals surface area contributed by atoms with Gasteiger partial charge in [-0.3, -0.25) is 4.79 Å². The summed E-state index contributed by atoms with van der Waals surface area (Å²) < 4.78 is 0. The SMILES string of the molecule is CCC[C@H]1C=CCC(=O)N1. The topological polar surface area (TPSA) is 29.1 Å². The fourth-order valence-corrected chi connectivity index (χ4v) is 1.13. The third-order valence-corrected chi connectivity index (χ3v) is 1.62. The van der Waals surface area contributed by atoms with Crippen LogP contribution in [0.3, 0.4) is 0 Å². The van der Waals surface area contributed by atoms with E-state index in [-0.39, 0.29) is 5.91 Å². The van der Waals surface area contributed by atoms with Crippen molar-refractivity contribution in [2.45, 2.75) is 32.2 Å². The van der Waals surface area contributed by atoms with Crippen molar-refractivity contribution in [3.05, 3.63) is 12.2 Å². The summed E-state index contributed by atoms with van der Waals surface area (Å²) in [6.45, 7) is 2.12. The van der Waals surface area contributed by atoms with Crippen molar-refractivity contribution in [1.29, 1.82) is 0 Å². The van der Waals surface area contributed by atoms with Gasteiger partial charge in [0.15, 0.2) is 0 Å². The van der Waals surface area contributed by atoms with Gasteiger partial charge in [0.1, 0.15) is 0 Å².